The Kier molecular flexibility index (Phi) is 17.3. The molecule has 1 atom stereocenters. The summed E-state index contributed by atoms with van der Waals surface area (Å²) in [7, 11) is 0. The summed E-state index contributed by atoms with van der Waals surface area (Å²) in [5.41, 5.74) is 0. The molecule has 0 saturated carbocycles. The highest BCUT2D eigenvalue weighted by molar-refractivity contribution is 5.66. The molecule has 3 heteroatoms. The molecule has 0 aliphatic carbocycles. The van der Waals surface area contributed by atoms with E-state index < -0.39 is 5.97 Å². The molecule has 0 fully saturated rings. The van der Waals surface area contributed by atoms with Crippen molar-refractivity contribution in [3.05, 3.63) is 0 Å². The first kappa shape index (κ1) is 22.4. The van der Waals surface area contributed by atoms with Gasteiger partial charge in [0.25, 0.3) is 0 Å². The molecule has 0 radical (unpaired) electrons. The Hall–Kier alpha value is -0.570. The maximum atomic E-state index is 10.6. The number of hydrogen-bond acceptors (Lipinski definition) is 2. The molecule has 0 rings (SSSR count). The molecule has 0 bridgehead atoms. The van der Waals surface area contributed by atoms with Gasteiger partial charge in [-0.2, -0.15) is 0 Å². The summed E-state index contributed by atoms with van der Waals surface area (Å²) in [6.45, 7) is 5.09. The van der Waals surface area contributed by atoms with Crippen molar-refractivity contribution in [2.75, 3.05) is 6.61 Å². The molecule has 0 aromatic heterocycles. The van der Waals surface area contributed by atoms with Crippen molar-refractivity contribution in [3.63, 3.8) is 0 Å². The lowest BCUT2D eigenvalue weighted by molar-refractivity contribution is -0.137. The first-order valence-corrected chi connectivity index (χ1v) is 10.0. The monoisotopic (exact) mass is 328 g/mol. The van der Waals surface area contributed by atoms with E-state index in [0.717, 1.165) is 12.8 Å². The number of carboxylic acids is 1. The highest BCUT2D eigenvalue weighted by Crippen LogP contribution is 2.17. The Balaban J connectivity index is 3.79. The first-order chi connectivity index (χ1) is 11.2. The fourth-order valence-electron chi connectivity index (χ4n) is 2.91. The fraction of sp³-hybridized carbons (Fsp3) is 0.950. The van der Waals surface area contributed by atoms with E-state index in [4.69, 9.17) is 9.84 Å². The molecule has 23 heavy (non-hydrogen) atoms. The summed E-state index contributed by atoms with van der Waals surface area (Å²) < 4.78 is 5.96. The summed E-state index contributed by atoms with van der Waals surface area (Å²) in [5, 5.41) is 8.69. The quantitative estimate of drug-likeness (QED) is 0.298. The minimum absolute atomic E-state index is 0.222. The Labute approximate surface area is 144 Å². The minimum atomic E-state index is -0.722. The number of hydrogen-bond donors (Lipinski definition) is 1. The molecular formula is C20H40O3. The number of carbonyl (C=O) groups is 1. The third kappa shape index (κ3) is 17.6. The molecule has 138 valence electrons. The number of aliphatic carboxylic acids is 1. The number of ether oxygens (including phenoxy) is 1. The van der Waals surface area contributed by atoms with Crippen molar-refractivity contribution >= 4 is 5.97 Å². The molecule has 0 aliphatic heterocycles. The third-order valence-corrected chi connectivity index (χ3v) is 4.40. The topological polar surface area (TPSA) is 46.5 Å². The van der Waals surface area contributed by atoms with Crippen LogP contribution >= 0.6 is 0 Å². The number of rotatable bonds is 18. The molecule has 0 heterocycles. The average molecular weight is 329 g/mol. The van der Waals surface area contributed by atoms with Crippen molar-refractivity contribution in [3.8, 4) is 0 Å². The molecule has 1 N–H and O–H groups in total. The summed E-state index contributed by atoms with van der Waals surface area (Å²) in [5.74, 6) is -0.722. The van der Waals surface area contributed by atoms with Crippen molar-refractivity contribution in [2.45, 2.75) is 116 Å². The van der Waals surface area contributed by atoms with Gasteiger partial charge in [0.05, 0.1) is 6.10 Å². The maximum absolute atomic E-state index is 10.6. The van der Waals surface area contributed by atoms with Gasteiger partial charge in [-0.25, -0.2) is 0 Å². The molecule has 0 aliphatic rings. The fourth-order valence-corrected chi connectivity index (χ4v) is 2.91. The zero-order chi connectivity index (χ0) is 17.2. The Morgan fingerprint density at radius 3 is 1.74 bits per heavy atom. The van der Waals surface area contributed by atoms with Gasteiger partial charge in [0.2, 0.25) is 0 Å². The van der Waals surface area contributed by atoms with E-state index in [9.17, 15) is 4.79 Å². The van der Waals surface area contributed by atoms with Crippen LogP contribution in [0.1, 0.15) is 110 Å². The SMILES string of the molecule is CCCCCCCCC(CCCCCCC)OCCCC(=O)O. The average Bonchev–Trinajstić information content (AvgIpc) is 2.53. The lowest BCUT2D eigenvalue weighted by Crippen LogP contribution is -2.14. The normalized spacial score (nSPS) is 12.4. The van der Waals surface area contributed by atoms with Crippen LogP contribution in [0.3, 0.4) is 0 Å². The third-order valence-electron chi connectivity index (χ3n) is 4.40. The molecule has 0 saturated heterocycles. The van der Waals surface area contributed by atoms with E-state index in [-0.39, 0.29) is 6.42 Å². The summed E-state index contributed by atoms with van der Waals surface area (Å²) in [4.78, 5) is 10.6. The van der Waals surface area contributed by atoms with Gasteiger partial charge in [-0.1, -0.05) is 84.5 Å². The van der Waals surface area contributed by atoms with Crippen LogP contribution in [-0.4, -0.2) is 23.8 Å². The molecular weight excluding hydrogens is 288 g/mol. The number of carboxylic acid groups (broad SMARTS) is 1. The van der Waals surface area contributed by atoms with Crippen LogP contribution in [-0.2, 0) is 9.53 Å². The Bertz CT molecular complexity index is 253. The maximum Gasteiger partial charge on any atom is 0.303 e. The lowest BCUT2D eigenvalue weighted by Gasteiger charge is -2.18. The molecule has 0 spiro atoms. The van der Waals surface area contributed by atoms with Gasteiger partial charge in [-0.15, -0.1) is 0 Å². The van der Waals surface area contributed by atoms with Crippen LogP contribution in [0, 0.1) is 0 Å². The standard InChI is InChI=1S/C20H40O3/c1-3-5-7-9-11-13-16-19(15-12-10-8-6-4-2)23-18-14-17-20(21)22/h19H,3-18H2,1-2H3,(H,21,22). The van der Waals surface area contributed by atoms with Gasteiger partial charge in [0, 0.05) is 13.0 Å². The highest BCUT2D eigenvalue weighted by atomic mass is 16.5. The smallest absolute Gasteiger partial charge is 0.303 e. The van der Waals surface area contributed by atoms with E-state index in [1.54, 1.807) is 0 Å². The predicted octanol–water partition coefficient (Wildman–Crippen LogP) is 6.35. The van der Waals surface area contributed by atoms with Crippen LogP contribution in [0.15, 0.2) is 0 Å². The molecule has 0 aromatic carbocycles. The van der Waals surface area contributed by atoms with Crippen LogP contribution in [0.2, 0.25) is 0 Å². The van der Waals surface area contributed by atoms with Gasteiger partial charge < -0.3 is 9.84 Å². The number of unbranched alkanes of at least 4 members (excludes halogenated alkanes) is 9. The second-order valence-corrected chi connectivity index (χ2v) is 6.75. The first-order valence-electron chi connectivity index (χ1n) is 10.0. The van der Waals surface area contributed by atoms with Gasteiger partial charge >= 0.3 is 5.97 Å². The Morgan fingerprint density at radius 1 is 0.783 bits per heavy atom. The lowest BCUT2D eigenvalue weighted by atomic mass is 10.0. The van der Waals surface area contributed by atoms with Crippen LogP contribution < -0.4 is 0 Å². The summed E-state index contributed by atoms with van der Waals surface area (Å²) in [6.07, 6.45) is 17.9. The van der Waals surface area contributed by atoms with E-state index in [1.807, 2.05) is 0 Å². The van der Waals surface area contributed by atoms with Crippen LogP contribution in [0.4, 0.5) is 0 Å². The van der Waals surface area contributed by atoms with Gasteiger partial charge in [-0.05, 0) is 19.3 Å². The zero-order valence-corrected chi connectivity index (χ0v) is 15.7. The summed E-state index contributed by atoms with van der Waals surface area (Å²) >= 11 is 0. The highest BCUT2D eigenvalue weighted by Gasteiger charge is 2.09. The van der Waals surface area contributed by atoms with Crippen LogP contribution in [0.25, 0.3) is 0 Å². The van der Waals surface area contributed by atoms with Crippen molar-refractivity contribution in [1.29, 1.82) is 0 Å². The summed E-state index contributed by atoms with van der Waals surface area (Å²) in [6, 6.07) is 0. The van der Waals surface area contributed by atoms with E-state index in [1.165, 1.54) is 70.6 Å². The predicted molar refractivity (Wildman–Crippen MR) is 98.0 cm³/mol. The van der Waals surface area contributed by atoms with Gasteiger partial charge in [0.15, 0.2) is 0 Å². The largest absolute Gasteiger partial charge is 0.481 e. The molecule has 3 nitrogen and oxygen atoms in total. The molecule has 0 amide bonds. The molecule has 0 aromatic rings. The van der Waals surface area contributed by atoms with Gasteiger partial charge in [0.1, 0.15) is 0 Å². The van der Waals surface area contributed by atoms with E-state index >= 15 is 0 Å². The van der Waals surface area contributed by atoms with E-state index in [2.05, 4.69) is 13.8 Å². The zero-order valence-electron chi connectivity index (χ0n) is 15.7. The second-order valence-electron chi connectivity index (χ2n) is 6.75. The van der Waals surface area contributed by atoms with Crippen molar-refractivity contribution < 1.29 is 14.6 Å². The van der Waals surface area contributed by atoms with Crippen molar-refractivity contribution in [1.82, 2.24) is 0 Å². The second kappa shape index (κ2) is 17.8. The Morgan fingerprint density at radius 2 is 1.26 bits per heavy atom. The van der Waals surface area contributed by atoms with E-state index in [0.29, 0.717) is 19.1 Å². The van der Waals surface area contributed by atoms with Crippen LogP contribution in [0.5, 0.6) is 0 Å². The van der Waals surface area contributed by atoms with Crippen molar-refractivity contribution in [2.24, 2.45) is 0 Å². The minimum Gasteiger partial charge on any atom is -0.481 e. The molecule has 1 unspecified atom stereocenters. The van der Waals surface area contributed by atoms with Gasteiger partial charge in [-0.3, -0.25) is 4.79 Å².